The van der Waals surface area contributed by atoms with Gasteiger partial charge in [0.2, 0.25) is 5.91 Å². The molecule has 0 saturated carbocycles. The number of likely N-dealkylation sites (tertiary alicyclic amines) is 1. The highest BCUT2D eigenvalue weighted by molar-refractivity contribution is 5.85. The van der Waals surface area contributed by atoms with Gasteiger partial charge in [-0.1, -0.05) is 55.5 Å². The number of para-hydroxylation sites is 1. The van der Waals surface area contributed by atoms with Crippen molar-refractivity contribution in [2.75, 3.05) is 6.54 Å². The number of aromatic amines is 1. The highest BCUT2D eigenvalue weighted by Crippen LogP contribution is 2.34. The van der Waals surface area contributed by atoms with Crippen LogP contribution in [0.3, 0.4) is 0 Å². The molecule has 0 bridgehead atoms. The van der Waals surface area contributed by atoms with Crippen LogP contribution in [0.4, 0.5) is 0 Å². The van der Waals surface area contributed by atoms with E-state index in [-0.39, 0.29) is 36.3 Å². The summed E-state index contributed by atoms with van der Waals surface area (Å²) in [4.78, 5) is 18.9. The van der Waals surface area contributed by atoms with Gasteiger partial charge in [-0.25, -0.2) is 0 Å². The summed E-state index contributed by atoms with van der Waals surface area (Å²) in [5.74, 6) is -0.105. The molecule has 4 nitrogen and oxygen atoms in total. The lowest BCUT2D eigenvalue weighted by atomic mass is 9.91. The van der Waals surface area contributed by atoms with Gasteiger partial charge in [-0.15, -0.1) is 12.4 Å². The maximum absolute atomic E-state index is 13.3. The van der Waals surface area contributed by atoms with Crippen LogP contribution in [-0.4, -0.2) is 22.3 Å². The van der Waals surface area contributed by atoms with Gasteiger partial charge in [0.15, 0.2) is 0 Å². The summed E-state index contributed by atoms with van der Waals surface area (Å²) < 4.78 is 0. The summed E-state index contributed by atoms with van der Waals surface area (Å²) in [5, 5.41) is 1.19. The first-order chi connectivity index (χ1) is 13.1. The van der Waals surface area contributed by atoms with Gasteiger partial charge in [0, 0.05) is 23.8 Å². The standard InChI is InChI=1S/C23H27N3O.ClH/c1-16(22(24)17-9-3-2-4-10-17)23(27)26-14-8-7-13-21(26)20-15-18-11-5-6-12-19(18)25-20;/h2-6,9-12,15-16,21-22,25H,7-8,13-14,24H2,1H3;1H. The predicted molar refractivity (Wildman–Crippen MR) is 116 cm³/mol. The van der Waals surface area contributed by atoms with Crippen molar-refractivity contribution in [3.8, 4) is 0 Å². The molecule has 1 fully saturated rings. The normalized spacial score (nSPS) is 19.1. The fourth-order valence-electron chi connectivity index (χ4n) is 4.17. The van der Waals surface area contributed by atoms with E-state index in [0.29, 0.717) is 0 Å². The Morgan fingerprint density at radius 2 is 1.82 bits per heavy atom. The lowest BCUT2D eigenvalue weighted by Crippen LogP contribution is -2.44. The van der Waals surface area contributed by atoms with Crippen molar-refractivity contribution in [1.29, 1.82) is 0 Å². The molecular weight excluding hydrogens is 370 g/mol. The molecule has 5 heteroatoms. The number of hydrogen-bond donors (Lipinski definition) is 2. The lowest BCUT2D eigenvalue weighted by Gasteiger charge is -2.38. The van der Waals surface area contributed by atoms with Crippen molar-refractivity contribution in [2.45, 2.75) is 38.3 Å². The molecule has 3 aromatic rings. The molecule has 1 aliphatic heterocycles. The lowest BCUT2D eigenvalue weighted by molar-refractivity contribution is -0.139. The maximum atomic E-state index is 13.3. The van der Waals surface area contributed by atoms with Crippen molar-refractivity contribution >= 4 is 29.2 Å². The second kappa shape index (κ2) is 8.80. The Morgan fingerprint density at radius 1 is 1.11 bits per heavy atom. The Balaban J connectivity index is 0.00000225. The van der Waals surface area contributed by atoms with Crippen molar-refractivity contribution in [3.63, 3.8) is 0 Å². The van der Waals surface area contributed by atoms with Crippen molar-refractivity contribution in [3.05, 3.63) is 71.9 Å². The third-order valence-electron chi connectivity index (χ3n) is 5.81. The van der Waals surface area contributed by atoms with Crippen LogP contribution in [0.5, 0.6) is 0 Å². The number of amides is 1. The van der Waals surface area contributed by atoms with E-state index in [0.717, 1.165) is 42.6 Å². The van der Waals surface area contributed by atoms with Gasteiger partial charge in [0.1, 0.15) is 0 Å². The number of nitrogens with two attached hydrogens (primary N) is 1. The SMILES string of the molecule is CC(C(=O)N1CCCCC1c1cc2ccccc2[nH]1)C(N)c1ccccc1.Cl. The number of aromatic nitrogens is 1. The monoisotopic (exact) mass is 397 g/mol. The molecule has 148 valence electrons. The Morgan fingerprint density at radius 3 is 2.57 bits per heavy atom. The topological polar surface area (TPSA) is 62.1 Å². The zero-order valence-electron chi connectivity index (χ0n) is 16.2. The van der Waals surface area contributed by atoms with Gasteiger partial charge >= 0.3 is 0 Å². The minimum atomic E-state index is -0.288. The van der Waals surface area contributed by atoms with E-state index in [2.05, 4.69) is 23.2 Å². The fraction of sp³-hybridized carbons (Fsp3) is 0.348. The molecule has 4 rings (SSSR count). The molecule has 0 radical (unpaired) electrons. The summed E-state index contributed by atoms with van der Waals surface area (Å²) in [5.41, 5.74) is 9.70. The van der Waals surface area contributed by atoms with E-state index in [1.807, 2.05) is 54.3 Å². The smallest absolute Gasteiger partial charge is 0.227 e. The third-order valence-corrected chi connectivity index (χ3v) is 5.81. The van der Waals surface area contributed by atoms with E-state index < -0.39 is 0 Å². The van der Waals surface area contributed by atoms with Gasteiger partial charge in [-0.2, -0.15) is 0 Å². The summed E-state index contributed by atoms with van der Waals surface area (Å²) in [6.45, 7) is 2.75. The average Bonchev–Trinajstić information content (AvgIpc) is 3.17. The summed E-state index contributed by atoms with van der Waals surface area (Å²) in [7, 11) is 0. The minimum Gasteiger partial charge on any atom is -0.357 e. The second-order valence-electron chi connectivity index (χ2n) is 7.58. The zero-order valence-corrected chi connectivity index (χ0v) is 17.0. The molecule has 28 heavy (non-hydrogen) atoms. The highest BCUT2D eigenvalue weighted by atomic mass is 35.5. The molecule has 1 aliphatic rings. The number of rotatable bonds is 4. The third kappa shape index (κ3) is 3.94. The first kappa shape index (κ1) is 20.4. The van der Waals surface area contributed by atoms with E-state index in [1.165, 1.54) is 5.39 Å². The van der Waals surface area contributed by atoms with Gasteiger partial charge in [0.05, 0.1) is 12.0 Å². The summed E-state index contributed by atoms with van der Waals surface area (Å²) >= 11 is 0. The Kier molecular flexibility index (Phi) is 6.42. The minimum absolute atomic E-state index is 0. The predicted octanol–water partition coefficient (Wildman–Crippen LogP) is 4.98. The summed E-state index contributed by atoms with van der Waals surface area (Å²) in [6, 6.07) is 20.2. The largest absolute Gasteiger partial charge is 0.357 e. The number of piperidine rings is 1. The van der Waals surface area contributed by atoms with Gasteiger partial charge in [-0.3, -0.25) is 4.79 Å². The summed E-state index contributed by atoms with van der Waals surface area (Å²) in [6.07, 6.45) is 3.19. The van der Waals surface area contributed by atoms with Crippen molar-refractivity contribution in [2.24, 2.45) is 11.7 Å². The zero-order chi connectivity index (χ0) is 18.8. The average molecular weight is 398 g/mol. The molecule has 1 aromatic heterocycles. The van der Waals surface area contributed by atoms with Crippen LogP contribution in [0, 0.1) is 5.92 Å². The van der Waals surface area contributed by atoms with Crippen LogP contribution >= 0.6 is 12.4 Å². The highest BCUT2D eigenvalue weighted by Gasteiger charge is 2.34. The molecule has 3 unspecified atom stereocenters. The molecule has 2 aromatic carbocycles. The number of H-pyrrole nitrogens is 1. The van der Waals surface area contributed by atoms with Crippen LogP contribution in [0.15, 0.2) is 60.7 Å². The number of carbonyl (C=O) groups is 1. The number of nitrogens with one attached hydrogen (secondary N) is 1. The number of fused-ring (bicyclic) bond motifs is 1. The number of nitrogens with zero attached hydrogens (tertiary/aromatic N) is 1. The first-order valence-electron chi connectivity index (χ1n) is 9.84. The maximum Gasteiger partial charge on any atom is 0.227 e. The van der Waals surface area contributed by atoms with Gasteiger partial charge in [-0.05, 0) is 42.3 Å². The number of carbonyl (C=O) groups excluding carboxylic acids is 1. The Bertz CT molecular complexity index is 891. The van der Waals surface area contributed by atoms with Crippen LogP contribution in [0.1, 0.15) is 49.5 Å². The molecule has 0 spiro atoms. The molecule has 2 heterocycles. The second-order valence-corrected chi connectivity index (χ2v) is 7.58. The number of halogens is 1. The fourth-order valence-corrected chi connectivity index (χ4v) is 4.17. The molecule has 3 N–H and O–H groups in total. The van der Waals surface area contributed by atoms with Gasteiger partial charge in [0.25, 0.3) is 0 Å². The van der Waals surface area contributed by atoms with Crippen LogP contribution < -0.4 is 5.73 Å². The number of hydrogen-bond acceptors (Lipinski definition) is 2. The van der Waals surface area contributed by atoms with Gasteiger partial charge < -0.3 is 15.6 Å². The van der Waals surface area contributed by atoms with E-state index in [9.17, 15) is 4.79 Å². The number of benzene rings is 2. The van der Waals surface area contributed by atoms with Crippen LogP contribution in [0.25, 0.3) is 10.9 Å². The van der Waals surface area contributed by atoms with Crippen LogP contribution in [0.2, 0.25) is 0 Å². The molecule has 3 atom stereocenters. The molecule has 1 saturated heterocycles. The van der Waals surface area contributed by atoms with E-state index >= 15 is 0 Å². The first-order valence-corrected chi connectivity index (χ1v) is 9.84. The van der Waals surface area contributed by atoms with Crippen molar-refractivity contribution in [1.82, 2.24) is 9.88 Å². The van der Waals surface area contributed by atoms with Crippen LogP contribution in [-0.2, 0) is 4.79 Å². The molecule has 0 aliphatic carbocycles. The molecule has 1 amide bonds. The van der Waals surface area contributed by atoms with E-state index in [1.54, 1.807) is 0 Å². The quantitative estimate of drug-likeness (QED) is 0.652. The Hall–Kier alpha value is -2.30. The van der Waals surface area contributed by atoms with Crippen molar-refractivity contribution < 1.29 is 4.79 Å². The Labute approximate surface area is 172 Å². The molecular formula is C23H28ClN3O. The van der Waals surface area contributed by atoms with E-state index in [4.69, 9.17) is 5.73 Å².